The van der Waals surface area contributed by atoms with Gasteiger partial charge in [-0.05, 0) is 36.4 Å². The van der Waals surface area contributed by atoms with E-state index in [9.17, 15) is 18.4 Å². The number of carbonyl (C=O) groups is 1. The van der Waals surface area contributed by atoms with Crippen molar-refractivity contribution in [3.63, 3.8) is 0 Å². The number of nitrogens with zero attached hydrogens (tertiary/aromatic N) is 4. The molecule has 9 heteroatoms. The molecule has 6 nitrogen and oxygen atoms in total. The number of rotatable bonds is 2. The second-order valence-electron chi connectivity index (χ2n) is 6.09. The number of carbonyl (C=O) groups excluding carboxylic acids is 1. The molecular weight excluding hydrogens is 378 g/mol. The summed E-state index contributed by atoms with van der Waals surface area (Å²) in [5.74, 6) is -1.51. The van der Waals surface area contributed by atoms with Crippen LogP contribution in [0.3, 0.4) is 0 Å². The lowest BCUT2D eigenvalue weighted by Crippen LogP contribution is -2.40. The quantitative estimate of drug-likeness (QED) is 0.676. The first-order chi connectivity index (χ1) is 12.9. The fourth-order valence-corrected chi connectivity index (χ4v) is 3.13. The lowest BCUT2D eigenvalue weighted by atomic mass is 10.2. The van der Waals surface area contributed by atoms with Crippen molar-refractivity contribution in [2.45, 2.75) is 13.1 Å². The summed E-state index contributed by atoms with van der Waals surface area (Å²) in [4.78, 5) is 26.7. The third-order valence-electron chi connectivity index (χ3n) is 4.38. The maximum Gasteiger partial charge on any atom is 0.350 e. The van der Waals surface area contributed by atoms with Crippen molar-refractivity contribution in [2.24, 2.45) is 0 Å². The zero-order valence-electron chi connectivity index (χ0n) is 13.9. The molecule has 2 aromatic carbocycles. The van der Waals surface area contributed by atoms with Gasteiger partial charge in [0.1, 0.15) is 11.5 Å². The molecule has 0 spiro atoms. The summed E-state index contributed by atoms with van der Waals surface area (Å²) < 4.78 is 29.4. The van der Waals surface area contributed by atoms with E-state index in [0.29, 0.717) is 29.0 Å². The van der Waals surface area contributed by atoms with Gasteiger partial charge in [0, 0.05) is 29.7 Å². The molecule has 4 rings (SSSR count). The average molecular weight is 391 g/mol. The predicted molar refractivity (Wildman–Crippen MR) is 93.9 cm³/mol. The number of halogens is 3. The summed E-state index contributed by atoms with van der Waals surface area (Å²) >= 11 is 5.84. The molecule has 0 aliphatic carbocycles. The minimum Gasteiger partial charge on any atom is -0.329 e. The lowest BCUT2D eigenvalue weighted by molar-refractivity contribution is 0.0706. The molecular formula is C18H13ClF2N4O2. The SMILES string of the molecule is O=C(c1ccc(Cl)cc1)N1CCn2c(nn(-c3ccc(F)cc3F)c2=O)C1. The predicted octanol–water partition coefficient (Wildman–Crippen LogP) is 2.62. The fraction of sp³-hybridized carbons (Fsp3) is 0.167. The van der Waals surface area contributed by atoms with Crippen LogP contribution in [-0.4, -0.2) is 31.7 Å². The summed E-state index contributed by atoms with van der Waals surface area (Å²) in [7, 11) is 0. The summed E-state index contributed by atoms with van der Waals surface area (Å²) in [6, 6.07) is 9.40. The van der Waals surface area contributed by atoms with E-state index in [1.54, 1.807) is 29.2 Å². The topological polar surface area (TPSA) is 60.1 Å². The Morgan fingerprint density at radius 2 is 1.81 bits per heavy atom. The average Bonchev–Trinajstić information content (AvgIpc) is 2.98. The third kappa shape index (κ3) is 3.12. The number of fused-ring (bicyclic) bond motifs is 1. The van der Waals surface area contributed by atoms with Gasteiger partial charge in [-0.25, -0.2) is 13.6 Å². The number of amides is 1. The molecule has 0 saturated heterocycles. The Labute approximate surface area is 157 Å². The van der Waals surface area contributed by atoms with Crippen molar-refractivity contribution in [3.05, 3.63) is 81.0 Å². The Bertz CT molecular complexity index is 1090. The van der Waals surface area contributed by atoms with Crippen molar-refractivity contribution in [2.75, 3.05) is 6.54 Å². The third-order valence-corrected chi connectivity index (χ3v) is 4.63. The van der Waals surface area contributed by atoms with Gasteiger partial charge in [-0.1, -0.05) is 11.6 Å². The molecule has 3 aromatic rings. The van der Waals surface area contributed by atoms with E-state index in [4.69, 9.17) is 11.6 Å². The molecule has 0 N–H and O–H groups in total. The van der Waals surface area contributed by atoms with Gasteiger partial charge in [0.25, 0.3) is 5.91 Å². The van der Waals surface area contributed by atoms with Crippen LogP contribution >= 0.6 is 11.6 Å². The van der Waals surface area contributed by atoms with Crippen LogP contribution in [0.2, 0.25) is 5.02 Å². The molecule has 1 aliphatic heterocycles. The van der Waals surface area contributed by atoms with Crippen LogP contribution in [0.25, 0.3) is 5.69 Å². The zero-order valence-corrected chi connectivity index (χ0v) is 14.7. The van der Waals surface area contributed by atoms with Crippen LogP contribution < -0.4 is 5.69 Å². The van der Waals surface area contributed by atoms with E-state index in [1.165, 1.54) is 4.57 Å². The second kappa shape index (κ2) is 6.62. The molecule has 0 unspecified atom stereocenters. The zero-order chi connectivity index (χ0) is 19.1. The van der Waals surface area contributed by atoms with Gasteiger partial charge in [-0.15, -0.1) is 5.10 Å². The molecule has 27 heavy (non-hydrogen) atoms. The number of hydrogen-bond donors (Lipinski definition) is 0. The van der Waals surface area contributed by atoms with Crippen molar-refractivity contribution in [3.8, 4) is 5.69 Å². The van der Waals surface area contributed by atoms with Crippen LogP contribution in [0.1, 0.15) is 16.2 Å². The first-order valence-corrected chi connectivity index (χ1v) is 8.51. The van der Waals surface area contributed by atoms with Crippen molar-refractivity contribution in [1.29, 1.82) is 0 Å². The Balaban J connectivity index is 1.65. The number of aromatic nitrogens is 3. The minimum atomic E-state index is -0.887. The Morgan fingerprint density at radius 3 is 2.52 bits per heavy atom. The summed E-state index contributed by atoms with van der Waals surface area (Å²) in [6.45, 7) is 0.648. The van der Waals surface area contributed by atoms with Crippen LogP contribution in [0.5, 0.6) is 0 Å². The van der Waals surface area contributed by atoms with Gasteiger partial charge in [0.2, 0.25) is 0 Å². The highest BCUT2D eigenvalue weighted by Crippen LogP contribution is 2.17. The summed E-state index contributed by atoms with van der Waals surface area (Å²) in [5, 5.41) is 4.67. The highest BCUT2D eigenvalue weighted by Gasteiger charge is 2.26. The van der Waals surface area contributed by atoms with E-state index in [2.05, 4.69) is 5.10 Å². The van der Waals surface area contributed by atoms with Crippen molar-refractivity contribution >= 4 is 17.5 Å². The van der Waals surface area contributed by atoms with Gasteiger partial charge in [0.05, 0.1) is 6.54 Å². The second-order valence-corrected chi connectivity index (χ2v) is 6.53. The first kappa shape index (κ1) is 17.4. The van der Waals surface area contributed by atoms with Gasteiger partial charge >= 0.3 is 5.69 Å². The normalized spacial score (nSPS) is 13.5. The van der Waals surface area contributed by atoms with E-state index < -0.39 is 17.3 Å². The molecule has 1 aliphatic rings. The van der Waals surface area contributed by atoms with Crippen LogP contribution in [0.15, 0.2) is 47.3 Å². The van der Waals surface area contributed by atoms with Crippen molar-refractivity contribution < 1.29 is 13.6 Å². The largest absolute Gasteiger partial charge is 0.350 e. The molecule has 0 bridgehead atoms. The molecule has 2 heterocycles. The van der Waals surface area contributed by atoms with Crippen LogP contribution in [-0.2, 0) is 13.1 Å². The molecule has 138 valence electrons. The summed E-state index contributed by atoms with van der Waals surface area (Å²) in [6.07, 6.45) is 0. The minimum absolute atomic E-state index is 0.104. The van der Waals surface area contributed by atoms with E-state index in [-0.39, 0.29) is 24.7 Å². The van der Waals surface area contributed by atoms with Crippen LogP contribution in [0, 0.1) is 11.6 Å². The summed E-state index contributed by atoms with van der Waals surface area (Å²) in [5.41, 5.74) is -0.202. The van der Waals surface area contributed by atoms with E-state index in [1.807, 2.05) is 0 Å². The maximum atomic E-state index is 14.0. The van der Waals surface area contributed by atoms with Gasteiger partial charge < -0.3 is 4.90 Å². The maximum absolute atomic E-state index is 14.0. The van der Waals surface area contributed by atoms with Crippen molar-refractivity contribution in [1.82, 2.24) is 19.2 Å². The van der Waals surface area contributed by atoms with Gasteiger partial charge in [-0.3, -0.25) is 9.36 Å². The molecule has 1 aromatic heterocycles. The van der Waals surface area contributed by atoms with Crippen LogP contribution in [0.4, 0.5) is 8.78 Å². The van der Waals surface area contributed by atoms with Gasteiger partial charge in [0.15, 0.2) is 11.6 Å². The molecule has 0 saturated carbocycles. The standard InChI is InChI=1S/C18H13ClF2N4O2/c19-12-3-1-11(2-4-12)17(26)23-7-8-24-16(10-23)22-25(18(24)27)15-6-5-13(20)9-14(15)21/h1-6,9H,7-8,10H2. The highest BCUT2D eigenvalue weighted by molar-refractivity contribution is 6.30. The van der Waals surface area contributed by atoms with E-state index >= 15 is 0 Å². The van der Waals surface area contributed by atoms with E-state index in [0.717, 1.165) is 16.8 Å². The molecule has 0 radical (unpaired) electrons. The number of hydrogen-bond acceptors (Lipinski definition) is 3. The molecule has 0 fully saturated rings. The first-order valence-electron chi connectivity index (χ1n) is 8.13. The lowest BCUT2D eigenvalue weighted by Gasteiger charge is -2.26. The fourth-order valence-electron chi connectivity index (χ4n) is 3.01. The Morgan fingerprint density at radius 1 is 1.07 bits per heavy atom. The molecule has 0 atom stereocenters. The highest BCUT2D eigenvalue weighted by atomic mass is 35.5. The molecule has 1 amide bonds. The number of benzene rings is 2. The monoisotopic (exact) mass is 390 g/mol. The Kier molecular flexibility index (Phi) is 4.27. The Hall–Kier alpha value is -3.00. The van der Waals surface area contributed by atoms with Gasteiger partial charge in [-0.2, -0.15) is 4.68 Å². The smallest absolute Gasteiger partial charge is 0.329 e.